The molecule has 0 aliphatic carbocycles. The Kier molecular flexibility index (Phi) is 3.74. The molecule has 5 heteroatoms. The highest BCUT2D eigenvalue weighted by atomic mass is 16.5. The van der Waals surface area contributed by atoms with E-state index in [1.54, 1.807) is 12.4 Å². The minimum Gasteiger partial charge on any atom is -0.437 e. The molecule has 0 atom stereocenters. The Morgan fingerprint density at radius 3 is 2.67 bits per heavy atom. The van der Waals surface area contributed by atoms with E-state index in [1.165, 1.54) is 0 Å². The molecule has 2 aromatic rings. The van der Waals surface area contributed by atoms with E-state index >= 15 is 0 Å². The van der Waals surface area contributed by atoms with Crippen LogP contribution in [0.1, 0.15) is 5.69 Å². The first kappa shape index (κ1) is 12.3. The van der Waals surface area contributed by atoms with Gasteiger partial charge in [-0.2, -0.15) is 0 Å². The van der Waals surface area contributed by atoms with Crippen molar-refractivity contribution in [3.8, 4) is 11.6 Å². The molecule has 94 valence electrons. The number of rotatable bonds is 4. The van der Waals surface area contributed by atoms with Crippen molar-refractivity contribution in [1.82, 2.24) is 9.97 Å². The first-order valence-corrected chi connectivity index (χ1v) is 5.65. The van der Waals surface area contributed by atoms with Gasteiger partial charge in [-0.25, -0.2) is 4.98 Å². The van der Waals surface area contributed by atoms with Crippen molar-refractivity contribution in [2.75, 3.05) is 19.0 Å². The summed E-state index contributed by atoms with van der Waals surface area (Å²) in [6.07, 6.45) is 3.19. The lowest BCUT2D eigenvalue weighted by molar-refractivity contribution is 0.459. The topological polar surface area (TPSA) is 64.3 Å². The Hall–Kier alpha value is -2.14. The van der Waals surface area contributed by atoms with Crippen molar-refractivity contribution in [3.63, 3.8) is 0 Å². The van der Waals surface area contributed by atoms with E-state index in [-0.39, 0.29) is 0 Å². The largest absolute Gasteiger partial charge is 0.437 e. The zero-order valence-corrected chi connectivity index (χ0v) is 10.5. The summed E-state index contributed by atoms with van der Waals surface area (Å²) in [5.41, 5.74) is 7.27. The smallest absolute Gasteiger partial charge is 0.237 e. The number of hydrogen-bond acceptors (Lipinski definition) is 5. The number of aromatic nitrogens is 2. The van der Waals surface area contributed by atoms with Gasteiger partial charge in [-0.15, -0.1) is 0 Å². The van der Waals surface area contributed by atoms with E-state index in [2.05, 4.69) is 9.97 Å². The van der Waals surface area contributed by atoms with Crippen LogP contribution in [0.3, 0.4) is 0 Å². The molecule has 1 aromatic carbocycles. The van der Waals surface area contributed by atoms with Gasteiger partial charge in [0.1, 0.15) is 5.75 Å². The van der Waals surface area contributed by atoms with Crippen LogP contribution in [0.4, 0.5) is 5.69 Å². The summed E-state index contributed by atoms with van der Waals surface area (Å²) in [4.78, 5) is 10.3. The van der Waals surface area contributed by atoms with Crippen molar-refractivity contribution >= 4 is 5.69 Å². The summed E-state index contributed by atoms with van der Waals surface area (Å²) >= 11 is 0. The van der Waals surface area contributed by atoms with Crippen molar-refractivity contribution in [1.29, 1.82) is 0 Å². The van der Waals surface area contributed by atoms with Crippen LogP contribution in [-0.4, -0.2) is 24.1 Å². The fourth-order valence-corrected chi connectivity index (χ4v) is 1.45. The first-order valence-electron chi connectivity index (χ1n) is 5.65. The van der Waals surface area contributed by atoms with Crippen LogP contribution in [0.15, 0.2) is 36.7 Å². The van der Waals surface area contributed by atoms with Crippen LogP contribution in [0.2, 0.25) is 0 Å². The van der Waals surface area contributed by atoms with E-state index in [4.69, 9.17) is 10.5 Å². The molecule has 1 heterocycles. The van der Waals surface area contributed by atoms with Gasteiger partial charge in [0.2, 0.25) is 5.88 Å². The summed E-state index contributed by atoms with van der Waals surface area (Å²) in [6.45, 7) is 0.378. The first-order chi connectivity index (χ1) is 8.69. The molecule has 0 saturated heterocycles. The van der Waals surface area contributed by atoms with Crippen LogP contribution in [0, 0.1) is 0 Å². The molecule has 0 fully saturated rings. The maximum absolute atomic E-state index is 5.63. The highest BCUT2D eigenvalue weighted by Crippen LogP contribution is 2.23. The second kappa shape index (κ2) is 5.46. The van der Waals surface area contributed by atoms with Gasteiger partial charge < -0.3 is 15.4 Å². The average molecular weight is 244 g/mol. The number of hydrogen-bond donors (Lipinski definition) is 1. The molecular formula is C13H16N4O. The Labute approximate surface area is 106 Å². The third-order valence-electron chi connectivity index (χ3n) is 2.45. The molecule has 0 radical (unpaired) electrons. The van der Waals surface area contributed by atoms with Gasteiger partial charge in [0, 0.05) is 32.4 Å². The number of benzene rings is 1. The molecule has 0 aliphatic rings. The summed E-state index contributed by atoms with van der Waals surface area (Å²) in [6, 6.07) is 7.77. The van der Waals surface area contributed by atoms with Gasteiger partial charge in [0.15, 0.2) is 0 Å². The van der Waals surface area contributed by atoms with Gasteiger partial charge in [0.05, 0.1) is 18.1 Å². The number of anilines is 1. The molecule has 0 unspecified atom stereocenters. The lowest BCUT2D eigenvalue weighted by Crippen LogP contribution is -2.08. The van der Waals surface area contributed by atoms with Gasteiger partial charge in [-0.05, 0) is 12.1 Å². The molecule has 5 nitrogen and oxygen atoms in total. The normalized spacial score (nSPS) is 10.2. The number of nitrogens with two attached hydrogens (primary N) is 1. The zero-order chi connectivity index (χ0) is 13.0. The molecule has 0 saturated carbocycles. The number of ether oxygens (including phenoxy) is 1. The van der Waals surface area contributed by atoms with E-state index < -0.39 is 0 Å². The Balaban J connectivity index is 2.15. The quantitative estimate of drug-likeness (QED) is 0.888. The molecule has 0 amide bonds. The molecule has 2 rings (SSSR count). The summed E-state index contributed by atoms with van der Waals surface area (Å²) in [5, 5.41) is 0. The van der Waals surface area contributed by atoms with Crippen molar-refractivity contribution < 1.29 is 4.74 Å². The van der Waals surface area contributed by atoms with Crippen LogP contribution in [-0.2, 0) is 6.54 Å². The summed E-state index contributed by atoms with van der Waals surface area (Å²) < 4.78 is 5.63. The van der Waals surface area contributed by atoms with E-state index in [0.29, 0.717) is 12.4 Å². The van der Waals surface area contributed by atoms with Crippen molar-refractivity contribution in [2.24, 2.45) is 5.73 Å². The molecule has 0 bridgehead atoms. The predicted octanol–water partition coefficient (Wildman–Crippen LogP) is 1.79. The fraction of sp³-hybridized carbons (Fsp3) is 0.231. The zero-order valence-electron chi connectivity index (χ0n) is 10.5. The summed E-state index contributed by atoms with van der Waals surface area (Å²) in [7, 11) is 3.96. The predicted molar refractivity (Wildman–Crippen MR) is 70.8 cm³/mol. The maximum Gasteiger partial charge on any atom is 0.237 e. The lowest BCUT2D eigenvalue weighted by Gasteiger charge is -2.13. The van der Waals surface area contributed by atoms with Gasteiger partial charge in [0.25, 0.3) is 0 Å². The second-order valence-electron chi connectivity index (χ2n) is 4.04. The Bertz CT molecular complexity index is 511. The highest BCUT2D eigenvalue weighted by Gasteiger charge is 2.02. The van der Waals surface area contributed by atoms with Crippen LogP contribution in [0.25, 0.3) is 0 Å². The van der Waals surface area contributed by atoms with Crippen LogP contribution < -0.4 is 15.4 Å². The van der Waals surface area contributed by atoms with Crippen LogP contribution >= 0.6 is 0 Å². The third-order valence-corrected chi connectivity index (χ3v) is 2.45. The van der Waals surface area contributed by atoms with Gasteiger partial charge in [-0.1, -0.05) is 6.07 Å². The summed E-state index contributed by atoms with van der Waals surface area (Å²) in [5.74, 6) is 1.19. The average Bonchev–Trinajstić information content (AvgIpc) is 2.40. The minimum absolute atomic E-state index is 0.378. The Morgan fingerprint density at radius 2 is 2.06 bits per heavy atom. The minimum atomic E-state index is 0.378. The molecule has 1 aromatic heterocycles. The number of nitrogens with zero attached hydrogens (tertiary/aromatic N) is 3. The molecule has 0 spiro atoms. The maximum atomic E-state index is 5.63. The standard InChI is InChI=1S/C13H16N4O/c1-17(2)11-4-3-5-12(6-11)18-13-9-15-10(7-14)8-16-13/h3-6,8-9H,7,14H2,1-2H3. The van der Waals surface area contributed by atoms with Crippen molar-refractivity contribution in [3.05, 3.63) is 42.4 Å². The molecular weight excluding hydrogens is 228 g/mol. The monoisotopic (exact) mass is 244 g/mol. The second-order valence-corrected chi connectivity index (χ2v) is 4.04. The van der Waals surface area contributed by atoms with Crippen LogP contribution in [0.5, 0.6) is 11.6 Å². The van der Waals surface area contributed by atoms with Gasteiger partial charge >= 0.3 is 0 Å². The fourth-order valence-electron chi connectivity index (χ4n) is 1.45. The van der Waals surface area contributed by atoms with E-state index in [0.717, 1.165) is 17.1 Å². The highest BCUT2D eigenvalue weighted by molar-refractivity contribution is 5.49. The Morgan fingerprint density at radius 1 is 1.22 bits per heavy atom. The molecule has 2 N–H and O–H groups in total. The van der Waals surface area contributed by atoms with E-state index in [9.17, 15) is 0 Å². The molecule has 0 aliphatic heterocycles. The third kappa shape index (κ3) is 2.95. The van der Waals surface area contributed by atoms with Crippen molar-refractivity contribution in [2.45, 2.75) is 6.54 Å². The lowest BCUT2D eigenvalue weighted by atomic mass is 10.3. The SMILES string of the molecule is CN(C)c1cccc(Oc2cnc(CN)cn2)c1. The molecule has 18 heavy (non-hydrogen) atoms. The van der Waals surface area contributed by atoms with E-state index in [1.807, 2.05) is 43.3 Å². The van der Waals surface area contributed by atoms with Gasteiger partial charge in [-0.3, -0.25) is 4.98 Å².